The van der Waals surface area contributed by atoms with E-state index in [1.807, 2.05) is 30.3 Å². The summed E-state index contributed by atoms with van der Waals surface area (Å²) in [5.74, 6) is -0.0572. The van der Waals surface area contributed by atoms with Gasteiger partial charge < -0.3 is 9.84 Å². The highest BCUT2D eigenvalue weighted by atomic mass is 16.5. The number of ether oxygens (including phenoxy) is 1. The Labute approximate surface area is 171 Å². The number of hydrogen-bond donors (Lipinski definition) is 1. The predicted octanol–water partition coefficient (Wildman–Crippen LogP) is 5.58. The maximum atomic E-state index is 10.7. The van der Waals surface area contributed by atoms with Gasteiger partial charge in [0, 0.05) is 12.0 Å². The first kappa shape index (κ1) is 19.2. The Morgan fingerprint density at radius 1 is 1.07 bits per heavy atom. The number of rotatable bonds is 8. The number of nitrogens with zero attached hydrogens (tertiary/aromatic N) is 2. The van der Waals surface area contributed by atoms with Crippen molar-refractivity contribution in [1.82, 2.24) is 9.78 Å². The molecule has 0 saturated heterocycles. The second-order valence-electron chi connectivity index (χ2n) is 7.51. The minimum absolute atomic E-state index is 0.108. The van der Waals surface area contributed by atoms with E-state index in [4.69, 9.17) is 14.9 Å². The van der Waals surface area contributed by atoms with Crippen molar-refractivity contribution in [2.45, 2.75) is 44.6 Å². The molecule has 0 aliphatic heterocycles. The zero-order valence-corrected chi connectivity index (χ0v) is 16.5. The average molecular weight is 390 g/mol. The summed E-state index contributed by atoms with van der Waals surface area (Å²) >= 11 is 0. The van der Waals surface area contributed by atoms with Crippen molar-refractivity contribution >= 4 is 5.97 Å². The fraction of sp³-hybridized carbons (Fsp3) is 0.333. The number of aromatic nitrogens is 2. The van der Waals surface area contributed by atoms with Gasteiger partial charge >= 0.3 is 5.97 Å². The molecule has 1 N–H and O–H groups in total. The van der Waals surface area contributed by atoms with Gasteiger partial charge in [0.2, 0.25) is 0 Å². The van der Waals surface area contributed by atoms with Crippen molar-refractivity contribution in [1.29, 1.82) is 0 Å². The lowest BCUT2D eigenvalue weighted by atomic mass is 10.1. The van der Waals surface area contributed by atoms with E-state index in [9.17, 15) is 4.79 Å². The molecule has 29 heavy (non-hydrogen) atoms. The van der Waals surface area contributed by atoms with E-state index in [2.05, 4.69) is 35.0 Å². The van der Waals surface area contributed by atoms with Crippen molar-refractivity contribution in [2.24, 2.45) is 0 Å². The highest BCUT2D eigenvalue weighted by Crippen LogP contribution is 2.37. The Morgan fingerprint density at radius 2 is 1.79 bits per heavy atom. The van der Waals surface area contributed by atoms with Gasteiger partial charge in [-0.2, -0.15) is 5.10 Å². The van der Waals surface area contributed by atoms with Gasteiger partial charge in [0.25, 0.3) is 0 Å². The largest absolute Gasteiger partial charge is 0.493 e. The van der Waals surface area contributed by atoms with Crippen LogP contribution in [0, 0.1) is 0 Å². The number of carboxylic acid groups (broad SMARTS) is 1. The maximum absolute atomic E-state index is 10.7. The summed E-state index contributed by atoms with van der Waals surface area (Å²) in [6.07, 6.45) is 5.41. The molecule has 0 unspecified atom stereocenters. The molecule has 3 aromatic rings. The average Bonchev–Trinajstić information content (AvgIpc) is 3.42. The molecule has 1 heterocycles. The van der Waals surface area contributed by atoms with Crippen molar-refractivity contribution < 1.29 is 14.6 Å². The highest BCUT2D eigenvalue weighted by Gasteiger charge is 2.23. The number of hydrogen-bond acceptors (Lipinski definition) is 3. The van der Waals surface area contributed by atoms with Gasteiger partial charge in [-0.3, -0.25) is 9.48 Å². The molecule has 0 spiro atoms. The molecule has 2 aromatic carbocycles. The van der Waals surface area contributed by atoms with Crippen LogP contribution in [0.5, 0.6) is 5.75 Å². The van der Waals surface area contributed by atoms with Crippen LogP contribution in [0.4, 0.5) is 0 Å². The van der Waals surface area contributed by atoms with Crippen LogP contribution in [0.1, 0.15) is 44.6 Å². The van der Waals surface area contributed by atoms with Crippen LogP contribution in [0.15, 0.2) is 60.7 Å². The third kappa shape index (κ3) is 4.50. The summed E-state index contributed by atoms with van der Waals surface area (Å²) in [5.41, 5.74) is 4.13. The van der Waals surface area contributed by atoms with Crippen molar-refractivity contribution in [3.05, 3.63) is 60.7 Å². The first-order valence-electron chi connectivity index (χ1n) is 10.3. The van der Waals surface area contributed by atoms with Gasteiger partial charge in [0.1, 0.15) is 5.75 Å². The van der Waals surface area contributed by atoms with E-state index in [1.54, 1.807) is 0 Å². The van der Waals surface area contributed by atoms with Crippen LogP contribution in [0.3, 0.4) is 0 Å². The molecule has 150 valence electrons. The van der Waals surface area contributed by atoms with Gasteiger partial charge in [0.15, 0.2) is 0 Å². The third-order valence-electron chi connectivity index (χ3n) is 5.43. The lowest BCUT2D eigenvalue weighted by Crippen LogP contribution is -2.08. The smallest absolute Gasteiger partial charge is 0.303 e. The molecule has 0 radical (unpaired) electrons. The van der Waals surface area contributed by atoms with Crippen molar-refractivity contribution in [2.75, 3.05) is 6.61 Å². The summed E-state index contributed by atoms with van der Waals surface area (Å²) in [4.78, 5) is 10.7. The first-order valence-corrected chi connectivity index (χ1v) is 10.3. The van der Waals surface area contributed by atoms with Crippen LogP contribution in [0.25, 0.3) is 22.5 Å². The summed E-state index contributed by atoms with van der Waals surface area (Å²) in [7, 11) is 0. The third-order valence-corrected chi connectivity index (χ3v) is 5.43. The molecular formula is C24H26N2O3. The molecular weight excluding hydrogens is 364 g/mol. The topological polar surface area (TPSA) is 64.3 Å². The van der Waals surface area contributed by atoms with Crippen molar-refractivity contribution in [3.63, 3.8) is 0 Å². The van der Waals surface area contributed by atoms with Crippen LogP contribution in [-0.2, 0) is 4.79 Å². The number of aliphatic carboxylic acids is 1. The van der Waals surface area contributed by atoms with Crippen LogP contribution < -0.4 is 4.74 Å². The molecule has 1 aromatic heterocycles. The molecule has 5 nitrogen and oxygen atoms in total. The monoisotopic (exact) mass is 390 g/mol. The molecule has 0 bridgehead atoms. The van der Waals surface area contributed by atoms with Gasteiger partial charge in [-0.15, -0.1) is 0 Å². The summed E-state index contributed by atoms with van der Waals surface area (Å²) in [6, 6.07) is 20.8. The second kappa shape index (κ2) is 8.95. The van der Waals surface area contributed by atoms with E-state index in [1.165, 1.54) is 12.8 Å². The fourth-order valence-electron chi connectivity index (χ4n) is 3.99. The Morgan fingerprint density at radius 3 is 2.55 bits per heavy atom. The Bertz CT molecular complexity index is 959. The molecule has 5 heteroatoms. The van der Waals surface area contributed by atoms with Crippen LogP contribution in [-0.4, -0.2) is 27.5 Å². The summed E-state index contributed by atoms with van der Waals surface area (Å²) in [6.45, 7) is 0.373. The van der Waals surface area contributed by atoms with Gasteiger partial charge in [-0.1, -0.05) is 55.3 Å². The van der Waals surface area contributed by atoms with Gasteiger partial charge in [0.05, 0.1) is 24.0 Å². The van der Waals surface area contributed by atoms with Gasteiger partial charge in [-0.25, -0.2) is 0 Å². The zero-order chi connectivity index (χ0) is 20.1. The van der Waals surface area contributed by atoms with Gasteiger partial charge in [-0.05, 0) is 43.0 Å². The summed E-state index contributed by atoms with van der Waals surface area (Å²) < 4.78 is 8.10. The zero-order valence-electron chi connectivity index (χ0n) is 16.5. The minimum Gasteiger partial charge on any atom is -0.493 e. The quantitative estimate of drug-likeness (QED) is 0.510. The van der Waals surface area contributed by atoms with Crippen LogP contribution in [0.2, 0.25) is 0 Å². The molecule has 1 fully saturated rings. The molecule has 0 atom stereocenters. The normalized spacial score (nSPS) is 14.2. The van der Waals surface area contributed by atoms with Crippen molar-refractivity contribution in [3.8, 4) is 28.3 Å². The van der Waals surface area contributed by atoms with E-state index < -0.39 is 5.97 Å². The number of carbonyl (C=O) groups is 1. The fourth-order valence-corrected chi connectivity index (χ4v) is 3.99. The molecule has 1 aliphatic rings. The predicted molar refractivity (Wildman–Crippen MR) is 113 cm³/mol. The highest BCUT2D eigenvalue weighted by molar-refractivity contribution is 5.72. The molecule has 4 rings (SSSR count). The Kier molecular flexibility index (Phi) is 5.94. The Balaban J connectivity index is 1.66. The maximum Gasteiger partial charge on any atom is 0.303 e. The molecule has 1 saturated carbocycles. The Hall–Kier alpha value is -3.08. The van der Waals surface area contributed by atoms with Crippen LogP contribution >= 0.6 is 0 Å². The summed E-state index contributed by atoms with van der Waals surface area (Å²) in [5, 5.41) is 13.8. The second-order valence-corrected chi connectivity index (χ2v) is 7.51. The van der Waals surface area contributed by atoms with E-state index >= 15 is 0 Å². The number of para-hydroxylation sites is 1. The standard InChI is InChI=1S/C24H26N2O3/c27-24(28)15-8-16-29-23-14-7-6-13-20(23)21-17-22(18-9-2-1-3-10-18)26(25-21)19-11-4-5-12-19/h1-3,6-7,9-10,13-14,17,19H,4-5,8,11-12,15-16H2,(H,27,28). The molecule has 1 aliphatic carbocycles. The SMILES string of the molecule is O=C(O)CCCOc1ccccc1-c1cc(-c2ccccc2)n(C2CCCC2)n1. The minimum atomic E-state index is -0.801. The van der Waals surface area contributed by atoms with E-state index in [0.29, 0.717) is 19.1 Å². The lowest BCUT2D eigenvalue weighted by molar-refractivity contribution is -0.137. The number of benzene rings is 2. The molecule has 0 amide bonds. The van der Waals surface area contributed by atoms with E-state index in [-0.39, 0.29) is 6.42 Å². The lowest BCUT2D eigenvalue weighted by Gasteiger charge is -2.14. The van der Waals surface area contributed by atoms with E-state index in [0.717, 1.165) is 41.1 Å². The first-order chi connectivity index (χ1) is 14.2. The number of carboxylic acids is 1.